The van der Waals surface area contributed by atoms with Crippen molar-refractivity contribution >= 4 is 22.4 Å². The summed E-state index contributed by atoms with van der Waals surface area (Å²) in [7, 11) is -0.993. The normalized spacial score (nSPS) is 15.2. The van der Waals surface area contributed by atoms with Gasteiger partial charge in [-0.15, -0.1) is 0 Å². The fourth-order valence-electron chi connectivity index (χ4n) is 2.28. The summed E-state index contributed by atoms with van der Waals surface area (Å²) in [5.74, 6) is 0.166. The standard InChI is InChI=1S/C20H26N2O2S/c1-19(2,3)25(24)14-15-9-8-12-17(13-15)22-18(23)20(4,21)16-10-6-5-7-11-16/h5-13H,14,21H2,1-4H3,(H,22,23). The molecule has 0 saturated carbocycles. The Bertz CT molecular complexity index is 765. The first-order valence-electron chi connectivity index (χ1n) is 8.24. The second-order valence-electron chi connectivity index (χ2n) is 7.33. The van der Waals surface area contributed by atoms with Crippen molar-refractivity contribution in [2.45, 2.75) is 43.7 Å². The smallest absolute Gasteiger partial charge is 0.248 e. The molecule has 25 heavy (non-hydrogen) atoms. The van der Waals surface area contributed by atoms with Crippen LogP contribution in [0.25, 0.3) is 0 Å². The molecule has 1 amide bonds. The van der Waals surface area contributed by atoms with Crippen molar-refractivity contribution in [2.24, 2.45) is 5.73 Å². The predicted molar refractivity (Wildman–Crippen MR) is 105 cm³/mol. The summed E-state index contributed by atoms with van der Waals surface area (Å²) in [6.07, 6.45) is 0. The highest BCUT2D eigenvalue weighted by atomic mass is 32.2. The Hall–Kier alpha value is -1.98. The first kappa shape index (κ1) is 19.3. The molecule has 2 atom stereocenters. The van der Waals surface area contributed by atoms with Gasteiger partial charge in [-0.3, -0.25) is 9.00 Å². The lowest BCUT2D eigenvalue weighted by atomic mass is 9.92. The molecule has 134 valence electrons. The van der Waals surface area contributed by atoms with E-state index < -0.39 is 16.3 Å². The minimum Gasteiger partial charge on any atom is -0.324 e. The summed E-state index contributed by atoms with van der Waals surface area (Å²) in [6, 6.07) is 16.7. The minimum atomic E-state index is -1.13. The van der Waals surface area contributed by atoms with Crippen LogP contribution in [0.4, 0.5) is 5.69 Å². The number of nitrogens with two attached hydrogens (primary N) is 1. The molecular weight excluding hydrogens is 332 g/mol. The predicted octanol–water partition coefficient (Wildman–Crippen LogP) is 3.55. The van der Waals surface area contributed by atoms with Crippen LogP contribution >= 0.6 is 0 Å². The number of anilines is 1. The average molecular weight is 359 g/mol. The molecular formula is C20H26N2O2S. The van der Waals surface area contributed by atoms with Gasteiger partial charge < -0.3 is 11.1 Å². The summed E-state index contributed by atoms with van der Waals surface area (Å²) < 4.78 is 12.0. The van der Waals surface area contributed by atoms with Crippen LogP contribution in [0, 0.1) is 0 Å². The van der Waals surface area contributed by atoms with Crippen LogP contribution < -0.4 is 11.1 Å². The molecule has 0 radical (unpaired) electrons. The number of carbonyl (C=O) groups is 1. The first-order valence-corrected chi connectivity index (χ1v) is 9.56. The van der Waals surface area contributed by atoms with Crippen LogP contribution in [0.1, 0.15) is 38.8 Å². The molecule has 2 aromatic carbocycles. The van der Waals surface area contributed by atoms with Crippen molar-refractivity contribution in [2.75, 3.05) is 5.32 Å². The molecule has 0 saturated heterocycles. The molecule has 2 aromatic rings. The zero-order chi connectivity index (χ0) is 18.7. The Balaban J connectivity index is 2.14. The van der Waals surface area contributed by atoms with E-state index >= 15 is 0 Å². The maximum atomic E-state index is 12.6. The Kier molecular flexibility index (Phi) is 5.80. The first-order chi connectivity index (χ1) is 11.6. The molecule has 0 heterocycles. The van der Waals surface area contributed by atoms with E-state index in [2.05, 4.69) is 5.32 Å². The molecule has 3 N–H and O–H groups in total. The lowest BCUT2D eigenvalue weighted by Crippen LogP contribution is -2.45. The molecule has 0 aromatic heterocycles. The Morgan fingerprint density at radius 2 is 1.68 bits per heavy atom. The molecule has 2 rings (SSSR count). The third kappa shape index (κ3) is 5.00. The summed E-state index contributed by atoms with van der Waals surface area (Å²) in [6.45, 7) is 7.55. The van der Waals surface area contributed by atoms with E-state index in [0.717, 1.165) is 11.1 Å². The van der Waals surface area contributed by atoms with E-state index in [1.807, 2.05) is 75.4 Å². The third-order valence-corrected chi connectivity index (χ3v) is 5.97. The maximum absolute atomic E-state index is 12.6. The van der Waals surface area contributed by atoms with Gasteiger partial charge in [0.15, 0.2) is 0 Å². The number of nitrogens with one attached hydrogen (secondary N) is 1. The van der Waals surface area contributed by atoms with E-state index in [0.29, 0.717) is 11.4 Å². The fourth-order valence-corrected chi connectivity index (χ4v) is 3.20. The van der Waals surface area contributed by atoms with Gasteiger partial charge in [-0.2, -0.15) is 0 Å². The number of hydrogen-bond acceptors (Lipinski definition) is 3. The van der Waals surface area contributed by atoms with Crippen LogP contribution in [-0.4, -0.2) is 14.9 Å². The van der Waals surface area contributed by atoms with Crippen LogP contribution in [0.15, 0.2) is 54.6 Å². The van der Waals surface area contributed by atoms with Gasteiger partial charge >= 0.3 is 0 Å². The van der Waals surface area contributed by atoms with Crippen LogP contribution in [0.5, 0.6) is 0 Å². The lowest BCUT2D eigenvalue weighted by molar-refractivity contribution is -0.120. The Labute approximate surface area is 152 Å². The molecule has 0 aliphatic rings. The zero-order valence-corrected chi connectivity index (χ0v) is 16.0. The second-order valence-corrected chi connectivity index (χ2v) is 9.53. The molecule has 0 aliphatic heterocycles. The van der Waals surface area contributed by atoms with Crippen LogP contribution in [0.2, 0.25) is 0 Å². The highest BCUT2D eigenvalue weighted by Crippen LogP contribution is 2.22. The number of carbonyl (C=O) groups excluding carboxylic acids is 1. The van der Waals surface area contributed by atoms with Gasteiger partial charge in [-0.1, -0.05) is 42.5 Å². The average Bonchev–Trinajstić information content (AvgIpc) is 2.55. The van der Waals surface area contributed by atoms with Crippen LogP contribution in [0.3, 0.4) is 0 Å². The number of benzene rings is 2. The van der Waals surface area contributed by atoms with Gasteiger partial charge in [-0.25, -0.2) is 0 Å². The topological polar surface area (TPSA) is 72.2 Å². The molecule has 0 spiro atoms. The number of hydrogen-bond donors (Lipinski definition) is 2. The van der Waals surface area contributed by atoms with E-state index in [9.17, 15) is 9.00 Å². The maximum Gasteiger partial charge on any atom is 0.248 e. The summed E-state index contributed by atoms with van der Waals surface area (Å²) in [5.41, 5.74) is 7.43. The molecule has 4 nitrogen and oxygen atoms in total. The summed E-state index contributed by atoms with van der Waals surface area (Å²) >= 11 is 0. The summed E-state index contributed by atoms with van der Waals surface area (Å²) in [4.78, 5) is 12.6. The SMILES string of the molecule is CC(N)(C(=O)Nc1cccc(CS(=O)C(C)(C)C)c1)c1ccccc1. The van der Waals surface area contributed by atoms with E-state index in [-0.39, 0.29) is 10.7 Å². The van der Waals surface area contributed by atoms with Crippen molar-refractivity contribution in [3.63, 3.8) is 0 Å². The minimum absolute atomic E-state index is 0.275. The Morgan fingerprint density at radius 1 is 1.04 bits per heavy atom. The van der Waals surface area contributed by atoms with Gasteiger partial charge in [0.2, 0.25) is 5.91 Å². The fraction of sp³-hybridized carbons (Fsp3) is 0.350. The van der Waals surface area contributed by atoms with Gasteiger partial charge in [0.05, 0.1) is 0 Å². The van der Waals surface area contributed by atoms with Crippen molar-refractivity contribution < 1.29 is 9.00 Å². The molecule has 2 unspecified atom stereocenters. The monoisotopic (exact) mass is 358 g/mol. The molecule has 0 fully saturated rings. The highest BCUT2D eigenvalue weighted by Gasteiger charge is 2.30. The Morgan fingerprint density at radius 3 is 2.28 bits per heavy atom. The van der Waals surface area contributed by atoms with Gasteiger partial charge in [0, 0.05) is 27.0 Å². The second kappa shape index (κ2) is 7.50. The summed E-state index contributed by atoms with van der Waals surface area (Å²) in [5, 5.41) is 2.87. The largest absolute Gasteiger partial charge is 0.324 e. The van der Waals surface area contributed by atoms with Gasteiger partial charge in [-0.05, 0) is 51.0 Å². The highest BCUT2D eigenvalue weighted by molar-refractivity contribution is 7.85. The van der Waals surface area contributed by atoms with E-state index in [1.54, 1.807) is 6.92 Å². The zero-order valence-electron chi connectivity index (χ0n) is 15.2. The van der Waals surface area contributed by atoms with Crippen molar-refractivity contribution in [1.29, 1.82) is 0 Å². The molecule has 0 bridgehead atoms. The van der Waals surface area contributed by atoms with Crippen molar-refractivity contribution in [1.82, 2.24) is 0 Å². The van der Waals surface area contributed by atoms with E-state index in [4.69, 9.17) is 5.73 Å². The molecule has 0 aliphatic carbocycles. The number of amides is 1. The van der Waals surface area contributed by atoms with Gasteiger partial charge in [0.1, 0.15) is 5.54 Å². The van der Waals surface area contributed by atoms with E-state index in [1.165, 1.54) is 0 Å². The third-order valence-electron chi connectivity index (χ3n) is 4.01. The van der Waals surface area contributed by atoms with Gasteiger partial charge in [0.25, 0.3) is 0 Å². The quantitative estimate of drug-likeness (QED) is 0.858. The lowest BCUT2D eigenvalue weighted by Gasteiger charge is -2.24. The van der Waals surface area contributed by atoms with Crippen LogP contribution in [-0.2, 0) is 26.9 Å². The molecule has 5 heteroatoms. The number of rotatable bonds is 5. The van der Waals surface area contributed by atoms with Crippen molar-refractivity contribution in [3.05, 3.63) is 65.7 Å². The van der Waals surface area contributed by atoms with Crippen molar-refractivity contribution in [3.8, 4) is 0 Å².